The lowest BCUT2D eigenvalue weighted by molar-refractivity contribution is -0.132. The molecule has 1 aliphatic rings. The van der Waals surface area contributed by atoms with Crippen LogP contribution < -0.4 is 9.64 Å². The van der Waals surface area contributed by atoms with Gasteiger partial charge in [0.05, 0.1) is 22.5 Å². The fraction of sp³-hybridized carbons (Fsp3) is 0.421. The number of hydrogen-bond acceptors (Lipinski definition) is 6. The van der Waals surface area contributed by atoms with E-state index < -0.39 is 0 Å². The minimum absolute atomic E-state index is 0.0971. The number of amides is 1. The third-order valence-corrected chi connectivity index (χ3v) is 6.53. The van der Waals surface area contributed by atoms with E-state index in [1.807, 2.05) is 36.9 Å². The van der Waals surface area contributed by atoms with Crippen molar-refractivity contribution in [1.82, 2.24) is 19.7 Å². The van der Waals surface area contributed by atoms with Crippen LogP contribution in [0.4, 0.5) is 5.13 Å². The summed E-state index contributed by atoms with van der Waals surface area (Å²) < 4.78 is 8.10. The molecule has 0 N–H and O–H groups in total. The van der Waals surface area contributed by atoms with Gasteiger partial charge in [0.25, 0.3) is 0 Å². The summed E-state index contributed by atoms with van der Waals surface area (Å²) in [6.07, 6.45) is 0. The molecule has 4 rings (SSSR count). The summed E-state index contributed by atoms with van der Waals surface area (Å²) in [5.74, 6) is 0.820. The SMILES string of the molecule is COc1ccc(Cl)c2sc(N3CCN(C(=O)Cn4nc(C)cc4C)CC3)nc12. The van der Waals surface area contributed by atoms with E-state index >= 15 is 0 Å². The second-order valence-electron chi connectivity index (χ2n) is 6.88. The number of piperazine rings is 1. The van der Waals surface area contributed by atoms with Crippen molar-refractivity contribution in [3.8, 4) is 5.75 Å². The van der Waals surface area contributed by atoms with Gasteiger partial charge in [-0.05, 0) is 32.0 Å². The Bertz CT molecular complexity index is 1020. The molecule has 1 amide bonds. The van der Waals surface area contributed by atoms with Crippen molar-refractivity contribution in [2.45, 2.75) is 20.4 Å². The molecular weight excluding hydrogens is 398 g/mol. The predicted octanol–water partition coefficient (Wildman–Crippen LogP) is 3.12. The Balaban J connectivity index is 1.44. The Hall–Kier alpha value is -2.32. The summed E-state index contributed by atoms with van der Waals surface area (Å²) in [7, 11) is 1.63. The maximum absolute atomic E-state index is 12.6. The maximum Gasteiger partial charge on any atom is 0.244 e. The van der Waals surface area contributed by atoms with Crippen LogP contribution in [-0.2, 0) is 11.3 Å². The zero-order valence-corrected chi connectivity index (χ0v) is 17.7. The van der Waals surface area contributed by atoms with Crippen LogP contribution in [0.25, 0.3) is 10.2 Å². The average molecular weight is 420 g/mol. The number of fused-ring (bicyclic) bond motifs is 1. The summed E-state index contributed by atoms with van der Waals surface area (Å²) in [5, 5.41) is 5.97. The van der Waals surface area contributed by atoms with Crippen molar-refractivity contribution in [1.29, 1.82) is 0 Å². The molecule has 3 heterocycles. The lowest BCUT2D eigenvalue weighted by Crippen LogP contribution is -2.49. The van der Waals surface area contributed by atoms with Gasteiger partial charge in [-0.15, -0.1) is 0 Å². The van der Waals surface area contributed by atoms with Crippen molar-refractivity contribution in [3.05, 3.63) is 34.6 Å². The number of thiazole rings is 1. The largest absolute Gasteiger partial charge is 0.494 e. The smallest absolute Gasteiger partial charge is 0.244 e. The number of aromatic nitrogens is 3. The maximum atomic E-state index is 12.6. The van der Waals surface area contributed by atoms with Crippen molar-refractivity contribution >= 4 is 44.2 Å². The molecule has 1 saturated heterocycles. The van der Waals surface area contributed by atoms with Gasteiger partial charge in [-0.25, -0.2) is 4.98 Å². The summed E-state index contributed by atoms with van der Waals surface area (Å²) in [5.41, 5.74) is 2.72. The molecule has 0 unspecified atom stereocenters. The number of carbonyl (C=O) groups is 1. The number of hydrogen-bond donors (Lipinski definition) is 0. The number of ether oxygens (including phenoxy) is 1. The molecule has 28 heavy (non-hydrogen) atoms. The van der Waals surface area contributed by atoms with E-state index in [9.17, 15) is 4.79 Å². The topological polar surface area (TPSA) is 63.5 Å². The van der Waals surface area contributed by atoms with Gasteiger partial charge in [0.1, 0.15) is 17.8 Å². The van der Waals surface area contributed by atoms with Gasteiger partial charge in [-0.3, -0.25) is 9.48 Å². The average Bonchev–Trinajstić information content (AvgIpc) is 3.26. The van der Waals surface area contributed by atoms with Gasteiger partial charge in [0, 0.05) is 31.9 Å². The second-order valence-corrected chi connectivity index (χ2v) is 8.26. The van der Waals surface area contributed by atoms with Crippen LogP contribution in [0.1, 0.15) is 11.4 Å². The Morgan fingerprint density at radius 2 is 2.00 bits per heavy atom. The molecule has 1 aromatic carbocycles. The molecule has 0 aliphatic carbocycles. The summed E-state index contributed by atoms with van der Waals surface area (Å²) in [6.45, 7) is 7.00. The van der Waals surface area contributed by atoms with Crippen molar-refractivity contribution in [2.75, 3.05) is 38.2 Å². The van der Waals surface area contributed by atoms with Crippen LogP contribution in [0.3, 0.4) is 0 Å². The first kappa shape index (κ1) is 19.0. The highest BCUT2D eigenvalue weighted by molar-refractivity contribution is 7.22. The van der Waals surface area contributed by atoms with E-state index in [1.54, 1.807) is 23.1 Å². The fourth-order valence-corrected chi connectivity index (χ4v) is 4.76. The summed E-state index contributed by atoms with van der Waals surface area (Å²) in [6, 6.07) is 5.65. The van der Waals surface area contributed by atoms with Crippen molar-refractivity contribution in [3.63, 3.8) is 0 Å². The molecule has 0 saturated carbocycles. The predicted molar refractivity (Wildman–Crippen MR) is 112 cm³/mol. The monoisotopic (exact) mass is 419 g/mol. The van der Waals surface area contributed by atoms with Gasteiger partial charge >= 0.3 is 0 Å². The van der Waals surface area contributed by atoms with Crippen LogP contribution in [0.15, 0.2) is 18.2 Å². The quantitative estimate of drug-likeness (QED) is 0.650. The number of anilines is 1. The Morgan fingerprint density at radius 1 is 1.25 bits per heavy atom. The number of carbonyl (C=O) groups excluding carboxylic acids is 1. The number of nitrogens with zero attached hydrogens (tertiary/aromatic N) is 5. The van der Waals surface area contributed by atoms with Gasteiger partial charge < -0.3 is 14.5 Å². The minimum Gasteiger partial charge on any atom is -0.494 e. The molecule has 1 aliphatic heterocycles. The van der Waals surface area contributed by atoms with Crippen LogP contribution in [0, 0.1) is 13.8 Å². The second kappa shape index (κ2) is 7.60. The molecule has 148 valence electrons. The molecule has 0 atom stereocenters. The molecule has 9 heteroatoms. The number of aryl methyl sites for hydroxylation is 2. The van der Waals surface area contributed by atoms with Crippen LogP contribution >= 0.6 is 22.9 Å². The Labute approximate surface area is 172 Å². The highest BCUT2D eigenvalue weighted by atomic mass is 35.5. The number of methoxy groups -OCH3 is 1. The van der Waals surface area contributed by atoms with E-state index in [-0.39, 0.29) is 12.5 Å². The zero-order valence-electron chi connectivity index (χ0n) is 16.1. The van der Waals surface area contributed by atoms with Gasteiger partial charge in [0.15, 0.2) is 5.13 Å². The summed E-state index contributed by atoms with van der Waals surface area (Å²) >= 11 is 7.89. The Kier molecular flexibility index (Phi) is 5.16. The number of rotatable bonds is 4. The lowest BCUT2D eigenvalue weighted by Gasteiger charge is -2.34. The third-order valence-electron chi connectivity index (χ3n) is 4.96. The molecule has 3 aromatic rings. The fourth-order valence-electron chi connectivity index (χ4n) is 3.45. The third kappa shape index (κ3) is 3.54. The molecule has 1 fully saturated rings. The van der Waals surface area contributed by atoms with Gasteiger partial charge in [-0.1, -0.05) is 22.9 Å². The molecule has 2 aromatic heterocycles. The van der Waals surface area contributed by atoms with E-state index in [2.05, 4.69) is 10.00 Å². The lowest BCUT2D eigenvalue weighted by atomic mass is 10.3. The highest BCUT2D eigenvalue weighted by Gasteiger charge is 2.24. The highest BCUT2D eigenvalue weighted by Crippen LogP contribution is 2.38. The van der Waals surface area contributed by atoms with Gasteiger partial charge in [-0.2, -0.15) is 5.10 Å². The first-order valence-corrected chi connectivity index (χ1v) is 10.3. The molecule has 7 nitrogen and oxygen atoms in total. The van der Waals surface area contributed by atoms with E-state index in [4.69, 9.17) is 21.3 Å². The first-order chi connectivity index (χ1) is 13.5. The van der Waals surface area contributed by atoms with Gasteiger partial charge in [0.2, 0.25) is 5.91 Å². The van der Waals surface area contributed by atoms with Crippen LogP contribution in [0.5, 0.6) is 5.75 Å². The van der Waals surface area contributed by atoms with E-state index in [1.165, 1.54) is 0 Å². The summed E-state index contributed by atoms with van der Waals surface area (Å²) in [4.78, 5) is 21.5. The van der Waals surface area contributed by atoms with Crippen LogP contribution in [-0.4, -0.2) is 58.9 Å². The zero-order chi connectivity index (χ0) is 19.8. The molecule has 0 bridgehead atoms. The number of benzene rings is 1. The van der Waals surface area contributed by atoms with E-state index in [0.717, 1.165) is 45.6 Å². The normalized spacial score (nSPS) is 14.7. The molecule has 0 radical (unpaired) electrons. The standard InChI is InChI=1S/C19H22ClN5O2S/c1-12-10-13(2)25(22-12)11-16(26)23-6-8-24(9-7-23)19-21-17-15(27-3)5-4-14(20)18(17)28-19/h4-5,10H,6-9,11H2,1-3H3. The molecular formula is C19H22ClN5O2S. The van der Waals surface area contributed by atoms with Crippen molar-refractivity contribution in [2.24, 2.45) is 0 Å². The van der Waals surface area contributed by atoms with Crippen molar-refractivity contribution < 1.29 is 9.53 Å². The molecule has 0 spiro atoms. The minimum atomic E-state index is 0.0971. The van der Waals surface area contributed by atoms with E-state index in [0.29, 0.717) is 18.1 Å². The number of halogens is 1. The first-order valence-electron chi connectivity index (χ1n) is 9.13. The Morgan fingerprint density at radius 3 is 2.64 bits per heavy atom. The van der Waals surface area contributed by atoms with Crippen LogP contribution in [0.2, 0.25) is 5.02 Å².